The zero-order chi connectivity index (χ0) is 15.2. The summed E-state index contributed by atoms with van der Waals surface area (Å²) in [6.07, 6.45) is 0.912. The van der Waals surface area contributed by atoms with E-state index in [2.05, 4.69) is 31.3 Å². The van der Waals surface area contributed by atoms with Crippen LogP contribution in [0.4, 0.5) is 5.69 Å². The number of ether oxygens (including phenoxy) is 2. The van der Waals surface area contributed by atoms with E-state index in [1.807, 2.05) is 30.3 Å². The predicted molar refractivity (Wildman–Crippen MR) is 87.5 cm³/mol. The zero-order valence-electron chi connectivity index (χ0n) is 13.1. The van der Waals surface area contributed by atoms with Crippen molar-refractivity contribution in [2.45, 2.75) is 26.3 Å². The quantitative estimate of drug-likeness (QED) is 0.868. The Morgan fingerprint density at radius 3 is 2.38 bits per heavy atom. The van der Waals surface area contributed by atoms with Crippen LogP contribution in [0, 0.1) is 6.92 Å². The Morgan fingerprint density at radius 2 is 1.71 bits per heavy atom. The maximum Gasteiger partial charge on any atom is 0.122 e. The molecule has 1 atom stereocenters. The third-order valence-electron chi connectivity index (χ3n) is 3.53. The Bertz CT molecular complexity index is 596. The first kappa shape index (κ1) is 15.2. The number of nitrogens with one attached hydrogen (secondary N) is 1. The molecule has 0 aliphatic rings. The molecule has 0 fully saturated rings. The molecule has 0 heterocycles. The van der Waals surface area contributed by atoms with Gasteiger partial charge in [-0.05, 0) is 55.7 Å². The molecule has 3 heteroatoms. The topological polar surface area (TPSA) is 30.5 Å². The van der Waals surface area contributed by atoms with E-state index in [-0.39, 0.29) is 0 Å². The molecule has 2 aromatic rings. The van der Waals surface area contributed by atoms with Gasteiger partial charge in [-0.3, -0.25) is 0 Å². The van der Waals surface area contributed by atoms with Crippen LogP contribution in [0.2, 0.25) is 0 Å². The van der Waals surface area contributed by atoms with Crippen LogP contribution in [-0.4, -0.2) is 20.3 Å². The number of para-hydroxylation sites is 1. The van der Waals surface area contributed by atoms with Crippen LogP contribution in [0.25, 0.3) is 0 Å². The lowest BCUT2D eigenvalue weighted by atomic mass is 10.1. The van der Waals surface area contributed by atoms with Crippen LogP contribution in [0.5, 0.6) is 11.5 Å². The van der Waals surface area contributed by atoms with Crippen molar-refractivity contribution in [2.24, 2.45) is 0 Å². The minimum absolute atomic E-state index is 0.314. The van der Waals surface area contributed by atoms with E-state index in [1.54, 1.807) is 14.2 Å². The molecule has 112 valence electrons. The minimum atomic E-state index is 0.314. The summed E-state index contributed by atoms with van der Waals surface area (Å²) in [6, 6.07) is 14.6. The second-order valence-electron chi connectivity index (χ2n) is 5.25. The van der Waals surface area contributed by atoms with Crippen LogP contribution in [0.15, 0.2) is 42.5 Å². The van der Waals surface area contributed by atoms with Gasteiger partial charge in [0.05, 0.1) is 14.2 Å². The van der Waals surface area contributed by atoms with Gasteiger partial charge in [0, 0.05) is 11.7 Å². The molecule has 0 saturated heterocycles. The third kappa shape index (κ3) is 3.91. The zero-order valence-corrected chi connectivity index (χ0v) is 13.1. The van der Waals surface area contributed by atoms with E-state index >= 15 is 0 Å². The van der Waals surface area contributed by atoms with Gasteiger partial charge in [0.15, 0.2) is 0 Å². The highest BCUT2D eigenvalue weighted by atomic mass is 16.5. The third-order valence-corrected chi connectivity index (χ3v) is 3.53. The molecule has 1 unspecified atom stereocenters. The number of hydrogen-bond acceptors (Lipinski definition) is 3. The van der Waals surface area contributed by atoms with E-state index in [0.29, 0.717) is 6.04 Å². The number of methoxy groups -OCH3 is 2. The molecule has 0 radical (unpaired) electrons. The lowest BCUT2D eigenvalue weighted by Gasteiger charge is -2.18. The lowest BCUT2D eigenvalue weighted by molar-refractivity contribution is 0.409. The van der Waals surface area contributed by atoms with Gasteiger partial charge in [-0.2, -0.15) is 0 Å². The fourth-order valence-corrected chi connectivity index (χ4v) is 2.51. The average Bonchev–Trinajstić information content (AvgIpc) is 2.48. The predicted octanol–water partition coefficient (Wildman–Crippen LogP) is 4.06. The molecule has 0 amide bonds. The normalized spacial score (nSPS) is 11.8. The van der Waals surface area contributed by atoms with Gasteiger partial charge in [-0.1, -0.05) is 18.2 Å². The van der Waals surface area contributed by atoms with Crippen molar-refractivity contribution < 1.29 is 9.47 Å². The molecule has 0 bridgehead atoms. The highest BCUT2D eigenvalue weighted by molar-refractivity contribution is 5.51. The number of rotatable bonds is 6. The molecular weight excluding hydrogens is 262 g/mol. The molecule has 0 aliphatic heterocycles. The van der Waals surface area contributed by atoms with Crippen molar-refractivity contribution in [1.29, 1.82) is 0 Å². The summed E-state index contributed by atoms with van der Waals surface area (Å²) in [7, 11) is 3.41. The number of benzene rings is 2. The number of hydrogen-bond donors (Lipinski definition) is 1. The molecule has 0 saturated carbocycles. The van der Waals surface area contributed by atoms with Crippen LogP contribution < -0.4 is 14.8 Å². The Hall–Kier alpha value is -2.16. The molecule has 21 heavy (non-hydrogen) atoms. The van der Waals surface area contributed by atoms with Gasteiger partial charge >= 0.3 is 0 Å². The molecule has 0 aliphatic carbocycles. The monoisotopic (exact) mass is 285 g/mol. The van der Waals surface area contributed by atoms with Gasteiger partial charge in [-0.15, -0.1) is 0 Å². The Morgan fingerprint density at radius 1 is 1.00 bits per heavy atom. The maximum absolute atomic E-state index is 5.40. The van der Waals surface area contributed by atoms with Crippen molar-refractivity contribution in [3.8, 4) is 11.5 Å². The second kappa shape index (κ2) is 7.02. The van der Waals surface area contributed by atoms with E-state index in [1.165, 1.54) is 5.56 Å². The Kier molecular flexibility index (Phi) is 5.09. The molecule has 2 rings (SSSR count). The molecular formula is C18H23NO2. The summed E-state index contributed by atoms with van der Waals surface area (Å²) in [5.74, 6) is 1.86. The van der Waals surface area contributed by atoms with Gasteiger partial charge in [0.2, 0.25) is 0 Å². The van der Waals surface area contributed by atoms with Crippen molar-refractivity contribution in [3.63, 3.8) is 0 Å². The maximum atomic E-state index is 5.40. The SMILES string of the molecule is COc1ccc(NC(C)Cc2ccccc2OC)cc1C. The molecule has 0 aromatic heterocycles. The van der Waals surface area contributed by atoms with Gasteiger partial charge < -0.3 is 14.8 Å². The second-order valence-corrected chi connectivity index (χ2v) is 5.25. The lowest BCUT2D eigenvalue weighted by Crippen LogP contribution is -2.18. The van der Waals surface area contributed by atoms with Gasteiger partial charge in [0.25, 0.3) is 0 Å². The van der Waals surface area contributed by atoms with E-state index in [4.69, 9.17) is 9.47 Å². The van der Waals surface area contributed by atoms with Crippen molar-refractivity contribution >= 4 is 5.69 Å². The van der Waals surface area contributed by atoms with Crippen LogP contribution >= 0.6 is 0 Å². The number of aryl methyl sites for hydroxylation is 1. The molecule has 3 nitrogen and oxygen atoms in total. The largest absolute Gasteiger partial charge is 0.496 e. The van der Waals surface area contributed by atoms with Gasteiger partial charge in [0.1, 0.15) is 11.5 Å². The molecule has 1 N–H and O–H groups in total. The highest BCUT2D eigenvalue weighted by Gasteiger charge is 2.08. The van der Waals surface area contributed by atoms with E-state index in [0.717, 1.165) is 29.2 Å². The molecule has 2 aromatic carbocycles. The van der Waals surface area contributed by atoms with Crippen LogP contribution in [0.1, 0.15) is 18.1 Å². The summed E-state index contributed by atoms with van der Waals surface area (Å²) in [5, 5.41) is 3.52. The Labute approximate surface area is 126 Å². The first-order chi connectivity index (χ1) is 10.1. The summed E-state index contributed by atoms with van der Waals surface area (Å²) >= 11 is 0. The first-order valence-electron chi connectivity index (χ1n) is 7.17. The summed E-state index contributed by atoms with van der Waals surface area (Å²) in [5.41, 5.74) is 3.45. The summed E-state index contributed by atoms with van der Waals surface area (Å²) in [4.78, 5) is 0. The van der Waals surface area contributed by atoms with Crippen molar-refractivity contribution in [1.82, 2.24) is 0 Å². The fourth-order valence-electron chi connectivity index (χ4n) is 2.51. The van der Waals surface area contributed by atoms with Crippen molar-refractivity contribution in [2.75, 3.05) is 19.5 Å². The Balaban J connectivity index is 2.04. The molecule has 0 spiro atoms. The highest BCUT2D eigenvalue weighted by Crippen LogP contribution is 2.23. The fraction of sp³-hybridized carbons (Fsp3) is 0.333. The average molecular weight is 285 g/mol. The first-order valence-corrected chi connectivity index (χ1v) is 7.17. The van der Waals surface area contributed by atoms with E-state index in [9.17, 15) is 0 Å². The van der Waals surface area contributed by atoms with Crippen LogP contribution in [-0.2, 0) is 6.42 Å². The standard InChI is InChI=1S/C18H23NO2/c1-13-11-16(9-10-17(13)20-3)19-14(2)12-15-7-5-6-8-18(15)21-4/h5-11,14,19H,12H2,1-4H3. The van der Waals surface area contributed by atoms with Crippen molar-refractivity contribution in [3.05, 3.63) is 53.6 Å². The summed E-state index contributed by atoms with van der Waals surface area (Å²) < 4.78 is 10.7. The van der Waals surface area contributed by atoms with Crippen LogP contribution in [0.3, 0.4) is 0 Å². The summed E-state index contributed by atoms with van der Waals surface area (Å²) in [6.45, 7) is 4.22. The smallest absolute Gasteiger partial charge is 0.122 e. The minimum Gasteiger partial charge on any atom is -0.496 e. The van der Waals surface area contributed by atoms with Gasteiger partial charge in [-0.25, -0.2) is 0 Å². The number of anilines is 1. The van der Waals surface area contributed by atoms with E-state index < -0.39 is 0 Å².